The summed E-state index contributed by atoms with van der Waals surface area (Å²) in [6, 6.07) is 23.3. The quantitative estimate of drug-likeness (QED) is 0.147. The van der Waals surface area contributed by atoms with Crippen LogP contribution < -0.4 is 34.3 Å². The summed E-state index contributed by atoms with van der Waals surface area (Å²) in [5.74, 6) is 12.9. The molecule has 0 fully saturated rings. The van der Waals surface area contributed by atoms with Crippen molar-refractivity contribution in [3.8, 4) is 29.4 Å². The van der Waals surface area contributed by atoms with E-state index < -0.39 is 15.9 Å². The van der Waals surface area contributed by atoms with Crippen molar-refractivity contribution < 1.29 is 47.3 Å². The Kier molecular flexibility index (Phi) is 12.9. The Morgan fingerprint density at radius 2 is 1.36 bits per heavy atom. The van der Waals surface area contributed by atoms with E-state index >= 15 is 0 Å². The van der Waals surface area contributed by atoms with Crippen molar-refractivity contribution in [1.82, 2.24) is 0 Å². The maximum atomic E-state index is 11.0. The maximum absolute atomic E-state index is 11.0. The molecule has 0 unspecified atom stereocenters. The summed E-state index contributed by atoms with van der Waals surface area (Å²) in [4.78, 5) is 0. The molecule has 3 rings (SSSR count). The molecule has 180 valence electrons. The Labute approximate surface area is 237 Å². The third kappa shape index (κ3) is 10.6. The zero-order valence-corrected chi connectivity index (χ0v) is 23.4. The first kappa shape index (κ1) is 29.7. The normalized spacial score (nSPS) is 10.3. The van der Waals surface area contributed by atoms with Crippen LogP contribution in [0.15, 0.2) is 72.8 Å². The number of hydrogen-bond donors (Lipinski definition) is 0. The summed E-state index contributed by atoms with van der Waals surface area (Å²) in [6.07, 6.45) is 3.81. The van der Waals surface area contributed by atoms with Gasteiger partial charge in [-0.15, -0.1) is 0 Å². The molecule has 0 aromatic heterocycles. The van der Waals surface area contributed by atoms with E-state index in [0.29, 0.717) is 11.3 Å². The van der Waals surface area contributed by atoms with Gasteiger partial charge in [0.05, 0.1) is 22.3 Å². The van der Waals surface area contributed by atoms with Crippen LogP contribution in [0.3, 0.4) is 0 Å². The molecule has 4 nitrogen and oxygen atoms in total. The van der Waals surface area contributed by atoms with Gasteiger partial charge in [-0.2, -0.15) is 6.42 Å². The Hall–Kier alpha value is -2.51. The monoisotopic (exact) mass is 507 g/mol. The molecule has 3 aromatic rings. The van der Waals surface area contributed by atoms with Gasteiger partial charge < -0.3 is 16.2 Å². The van der Waals surface area contributed by atoms with Crippen LogP contribution in [-0.4, -0.2) is 25.3 Å². The van der Waals surface area contributed by atoms with Crippen LogP contribution in [0.25, 0.3) is 0 Å². The first-order chi connectivity index (χ1) is 16.9. The summed E-state index contributed by atoms with van der Waals surface area (Å²) >= 11 is 0. The van der Waals surface area contributed by atoms with Crippen LogP contribution in [0.1, 0.15) is 53.5 Å². The first-order valence-corrected chi connectivity index (χ1v) is 13.2. The molecule has 0 radical (unpaired) electrons. The molecule has 0 spiro atoms. The van der Waals surface area contributed by atoms with E-state index in [1.807, 2.05) is 72.8 Å². The van der Waals surface area contributed by atoms with Crippen molar-refractivity contribution >= 4 is 10.1 Å². The Morgan fingerprint density at radius 3 is 1.92 bits per heavy atom. The van der Waals surface area contributed by atoms with Crippen molar-refractivity contribution in [2.45, 2.75) is 32.1 Å². The average molecular weight is 508 g/mol. The van der Waals surface area contributed by atoms with Gasteiger partial charge in [-0.25, -0.2) is 8.42 Å². The van der Waals surface area contributed by atoms with Gasteiger partial charge in [0.25, 0.3) is 0 Å². The number of unbranched alkanes of at least 4 members (excludes halogenated alkanes) is 2. The predicted octanol–water partition coefficient (Wildman–Crippen LogP) is 2.35. The van der Waals surface area contributed by atoms with Crippen molar-refractivity contribution in [2.24, 2.45) is 0 Å². The molecule has 0 aliphatic rings. The number of aryl methyl sites for hydroxylation is 1. The van der Waals surface area contributed by atoms with E-state index in [1.165, 1.54) is 0 Å². The van der Waals surface area contributed by atoms with E-state index in [4.69, 9.17) is 4.74 Å². The molecular weight excluding hydrogens is 479 g/mol. The minimum absolute atomic E-state index is 0. The molecule has 0 saturated heterocycles. The number of benzene rings is 3. The SMILES string of the molecule is [CH2-]CCCCc1cc(C#Cc2ccccc2)c(OCCCS(=O)(=O)[O-])cc1C#Cc1ccccc1.[Na+]. The van der Waals surface area contributed by atoms with Crippen LogP contribution in [0.5, 0.6) is 5.75 Å². The minimum Gasteiger partial charge on any atom is -0.748 e. The fourth-order valence-corrected chi connectivity index (χ4v) is 3.87. The number of hydrogen-bond acceptors (Lipinski definition) is 4. The smallest absolute Gasteiger partial charge is 0.748 e. The maximum Gasteiger partial charge on any atom is 1.00 e. The fourth-order valence-electron chi connectivity index (χ4n) is 3.40. The largest absolute Gasteiger partial charge is 1.00 e. The number of rotatable bonds is 9. The molecule has 0 amide bonds. The molecule has 0 heterocycles. The third-order valence-electron chi connectivity index (χ3n) is 5.18. The molecule has 0 atom stereocenters. The van der Waals surface area contributed by atoms with Crippen LogP contribution in [0, 0.1) is 30.6 Å². The fraction of sp³-hybridized carbons (Fsp3) is 0.233. The van der Waals surface area contributed by atoms with Gasteiger partial charge in [0.15, 0.2) is 0 Å². The molecule has 0 aliphatic carbocycles. The third-order valence-corrected chi connectivity index (χ3v) is 5.97. The van der Waals surface area contributed by atoms with E-state index in [-0.39, 0.29) is 42.6 Å². The van der Waals surface area contributed by atoms with Crippen molar-refractivity contribution in [3.05, 3.63) is 108 Å². The minimum atomic E-state index is -4.29. The van der Waals surface area contributed by atoms with Gasteiger partial charge in [-0.05, 0) is 54.8 Å². The van der Waals surface area contributed by atoms with E-state index in [2.05, 4.69) is 30.6 Å². The van der Waals surface area contributed by atoms with E-state index in [0.717, 1.165) is 47.9 Å². The molecule has 36 heavy (non-hydrogen) atoms. The van der Waals surface area contributed by atoms with Crippen LogP contribution >= 0.6 is 0 Å². The number of ether oxygens (including phenoxy) is 1. The van der Waals surface area contributed by atoms with Gasteiger partial charge >= 0.3 is 29.6 Å². The Balaban J connectivity index is 0.00000456. The molecule has 0 saturated carbocycles. The van der Waals surface area contributed by atoms with Gasteiger partial charge in [0, 0.05) is 22.4 Å². The van der Waals surface area contributed by atoms with Gasteiger partial charge in [-0.1, -0.05) is 72.9 Å². The standard InChI is InChI=1S/C30H29O4S.Na/c1-2-3-6-16-27-23-29(20-18-26-14-9-5-10-15-26)30(34-21-11-22-35(31,32)33)24-28(27)19-17-25-12-7-4-8-13-25;/h4-5,7-10,12-15,23-24H,1-3,6,11,16,21-22H2,(H,31,32,33);/q-1;+1/p-1. The van der Waals surface area contributed by atoms with Crippen LogP contribution in [0.2, 0.25) is 0 Å². The van der Waals surface area contributed by atoms with Gasteiger partial charge in [0.2, 0.25) is 0 Å². The predicted molar refractivity (Wildman–Crippen MR) is 139 cm³/mol. The zero-order chi connectivity index (χ0) is 24.9. The molecule has 3 aromatic carbocycles. The topological polar surface area (TPSA) is 66.4 Å². The molecule has 0 bridgehead atoms. The Morgan fingerprint density at radius 1 is 0.778 bits per heavy atom. The zero-order valence-electron chi connectivity index (χ0n) is 20.6. The first-order valence-electron chi connectivity index (χ1n) is 11.6. The second kappa shape index (κ2) is 15.6. The van der Waals surface area contributed by atoms with Crippen molar-refractivity contribution in [2.75, 3.05) is 12.4 Å². The summed E-state index contributed by atoms with van der Waals surface area (Å²) in [5, 5.41) is 0. The summed E-state index contributed by atoms with van der Waals surface area (Å²) in [7, 11) is -4.29. The Bertz CT molecular complexity index is 1330. The van der Waals surface area contributed by atoms with Gasteiger partial charge in [0.1, 0.15) is 5.75 Å². The summed E-state index contributed by atoms with van der Waals surface area (Å²) < 4.78 is 38.8. The molecular formula is C30H28NaO4S-. The second-order valence-corrected chi connectivity index (χ2v) is 9.54. The van der Waals surface area contributed by atoms with Crippen molar-refractivity contribution in [1.29, 1.82) is 0 Å². The average Bonchev–Trinajstić information content (AvgIpc) is 2.86. The molecule has 0 N–H and O–H groups in total. The van der Waals surface area contributed by atoms with Crippen LogP contribution in [-0.2, 0) is 16.5 Å². The molecule has 0 aliphatic heterocycles. The van der Waals surface area contributed by atoms with Gasteiger partial charge in [-0.3, -0.25) is 0 Å². The summed E-state index contributed by atoms with van der Waals surface area (Å²) in [6.45, 7) is 4.02. The second-order valence-electron chi connectivity index (χ2n) is 8.01. The van der Waals surface area contributed by atoms with Crippen LogP contribution in [0.4, 0.5) is 0 Å². The van der Waals surface area contributed by atoms with Crippen molar-refractivity contribution in [3.63, 3.8) is 0 Å². The van der Waals surface area contributed by atoms with E-state index in [1.54, 1.807) is 0 Å². The summed E-state index contributed by atoms with van der Waals surface area (Å²) in [5.41, 5.74) is 4.41. The molecule has 6 heteroatoms. The van der Waals surface area contributed by atoms with E-state index in [9.17, 15) is 13.0 Å².